The highest BCUT2D eigenvalue weighted by Crippen LogP contribution is 2.36. The molecule has 0 aliphatic carbocycles. The summed E-state index contributed by atoms with van der Waals surface area (Å²) in [6.07, 6.45) is 0. The van der Waals surface area contributed by atoms with Crippen LogP contribution in [-0.2, 0) is 0 Å². The van der Waals surface area contributed by atoms with E-state index in [-0.39, 0.29) is 17.6 Å². The van der Waals surface area contributed by atoms with Gasteiger partial charge in [-0.15, -0.1) is 11.3 Å². The molecule has 3 rings (SSSR count). The van der Waals surface area contributed by atoms with Crippen LogP contribution in [0.15, 0.2) is 30.3 Å². The lowest BCUT2D eigenvalue weighted by Gasteiger charge is -2.34. The Labute approximate surface area is 138 Å². The Hall–Kier alpha value is -1.14. The van der Waals surface area contributed by atoms with Crippen LogP contribution in [0.25, 0.3) is 0 Å². The summed E-state index contributed by atoms with van der Waals surface area (Å²) in [4.78, 5) is 3.50. The van der Waals surface area contributed by atoms with Gasteiger partial charge in [0.2, 0.25) is 0 Å². The predicted molar refractivity (Wildman–Crippen MR) is 88.6 cm³/mol. The van der Waals surface area contributed by atoms with Gasteiger partial charge in [0.25, 0.3) is 0 Å². The number of hydrogen-bond acceptors (Lipinski definition) is 4. The molecule has 1 aromatic heterocycles. The van der Waals surface area contributed by atoms with E-state index in [2.05, 4.69) is 10.2 Å². The molecule has 1 atom stereocenters. The largest absolute Gasteiger partial charge is 0.494 e. The van der Waals surface area contributed by atoms with Gasteiger partial charge in [-0.05, 0) is 29.8 Å². The van der Waals surface area contributed by atoms with Crippen molar-refractivity contribution in [2.75, 3.05) is 33.3 Å². The fourth-order valence-corrected chi connectivity index (χ4v) is 4.05. The van der Waals surface area contributed by atoms with Crippen molar-refractivity contribution in [3.63, 3.8) is 0 Å². The number of ether oxygens (including phenoxy) is 1. The molecule has 1 unspecified atom stereocenters. The van der Waals surface area contributed by atoms with Crippen molar-refractivity contribution in [2.24, 2.45) is 0 Å². The molecule has 2 heterocycles. The van der Waals surface area contributed by atoms with Crippen molar-refractivity contribution in [3.8, 4) is 5.75 Å². The predicted octanol–water partition coefficient (Wildman–Crippen LogP) is 3.54. The maximum absolute atomic E-state index is 14.1. The summed E-state index contributed by atoms with van der Waals surface area (Å²) in [5, 5.41) is 3.35. The van der Waals surface area contributed by atoms with E-state index in [0.29, 0.717) is 0 Å². The molecule has 3 nitrogen and oxygen atoms in total. The average molecular weight is 341 g/mol. The quantitative estimate of drug-likeness (QED) is 0.921. The lowest BCUT2D eigenvalue weighted by atomic mass is 10.0. The maximum atomic E-state index is 14.1. The Balaban J connectivity index is 1.98. The maximum Gasteiger partial charge on any atom is 0.165 e. The number of halogens is 2. The topological polar surface area (TPSA) is 24.5 Å². The molecule has 22 heavy (non-hydrogen) atoms. The first kappa shape index (κ1) is 15.7. The molecule has 0 saturated carbocycles. The van der Waals surface area contributed by atoms with Crippen LogP contribution in [0, 0.1) is 5.82 Å². The molecule has 0 bridgehead atoms. The van der Waals surface area contributed by atoms with E-state index in [9.17, 15) is 4.39 Å². The fraction of sp³-hybridized carbons (Fsp3) is 0.375. The van der Waals surface area contributed by atoms with Gasteiger partial charge >= 0.3 is 0 Å². The van der Waals surface area contributed by atoms with E-state index in [1.807, 2.05) is 18.2 Å². The van der Waals surface area contributed by atoms with Gasteiger partial charge in [0, 0.05) is 31.1 Å². The summed E-state index contributed by atoms with van der Waals surface area (Å²) >= 11 is 7.65. The van der Waals surface area contributed by atoms with Crippen LogP contribution >= 0.6 is 22.9 Å². The van der Waals surface area contributed by atoms with Crippen molar-refractivity contribution < 1.29 is 9.13 Å². The second-order valence-corrected chi connectivity index (χ2v) is 6.97. The number of nitrogens with one attached hydrogen (secondary N) is 1. The van der Waals surface area contributed by atoms with Crippen LogP contribution in [0.4, 0.5) is 4.39 Å². The first-order chi connectivity index (χ1) is 10.7. The van der Waals surface area contributed by atoms with E-state index in [4.69, 9.17) is 16.3 Å². The summed E-state index contributed by atoms with van der Waals surface area (Å²) in [6, 6.07) is 9.15. The van der Waals surface area contributed by atoms with Gasteiger partial charge in [0.05, 0.1) is 17.5 Å². The van der Waals surface area contributed by atoms with E-state index in [1.165, 1.54) is 7.11 Å². The van der Waals surface area contributed by atoms with Gasteiger partial charge in [0.15, 0.2) is 11.6 Å². The molecule has 6 heteroatoms. The minimum absolute atomic E-state index is 0.0278. The molecule has 0 amide bonds. The Morgan fingerprint density at radius 2 is 2.05 bits per heavy atom. The van der Waals surface area contributed by atoms with Crippen molar-refractivity contribution >= 4 is 22.9 Å². The molecule has 1 fully saturated rings. The van der Waals surface area contributed by atoms with Gasteiger partial charge in [-0.2, -0.15) is 0 Å². The Morgan fingerprint density at radius 1 is 1.27 bits per heavy atom. The summed E-state index contributed by atoms with van der Waals surface area (Å²) in [5.41, 5.74) is 0.929. The van der Waals surface area contributed by atoms with Crippen molar-refractivity contribution in [1.82, 2.24) is 10.2 Å². The van der Waals surface area contributed by atoms with Crippen LogP contribution in [0.2, 0.25) is 4.34 Å². The van der Waals surface area contributed by atoms with E-state index < -0.39 is 0 Å². The molecule has 1 aromatic carbocycles. The smallest absolute Gasteiger partial charge is 0.165 e. The van der Waals surface area contributed by atoms with Crippen molar-refractivity contribution in [2.45, 2.75) is 6.04 Å². The zero-order valence-corrected chi connectivity index (χ0v) is 13.9. The van der Waals surface area contributed by atoms with Gasteiger partial charge in [-0.1, -0.05) is 17.7 Å². The lowest BCUT2D eigenvalue weighted by Crippen LogP contribution is -2.45. The van der Waals surface area contributed by atoms with E-state index >= 15 is 0 Å². The summed E-state index contributed by atoms with van der Waals surface area (Å²) in [7, 11) is 1.48. The van der Waals surface area contributed by atoms with Crippen LogP contribution < -0.4 is 10.1 Å². The normalized spacial score (nSPS) is 17.4. The lowest BCUT2D eigenvalue weighted by molar-refractivity contribution is 0.200. The van der Waals surface area contributed by atoms with Gasteiger partial charge < -0.3 is 10.1 Å². The fourth-order valence-electron chi connectivity index (χ4n) is 2.82. The van der Waals surface area contributed by atoms with E-state index in [0.717, 1.165) is 41.0 Å². The van der Waals surface area contributed by atoms with Crippen LogP contribution in [-0.4, -0.2) is 38.2 Å². The average Bonchev–Trinajstić information content (AvgIpc) is 2.95. The zero-order valence-electron chi connectivity index (χ0n) is 12.3. The first-order valence-electron chi connectivity index (χ1n) is 7.22. The SMILES string of the molecule is COc1ccc(C(c2ccc(Cl)s2)N2CCNCC2)cc1F. The minimum atomic E-state index is -0.331. The molecule has 1 aliphatic rings. The molecule has 118 valence electrons. The van der Waals surface area contributed by atoms with Crippen molar-refractivity contribution in [3.05, 3.63) is 50.9 Å². The Bertz CT molecular complexity index is 643. The molecule has 2 aromatic rings. The molecule has 0 radical (unpaired) electrons. The number of piperazine rings is 1. The number of rotatable bonds is 4. The highest BCUT2D eigenvalue weighted by molar-refractivity contribution is 7.16. The standard InChI is InChI=1S/C16H18ClFN2OS/c1-21-13-3-2-11(10-12(13)18)16(14-4-5-15(17)22-14)20-8-6-19-7-9-20/h2-5,10,16,19H,6-9H2,1H3. The molecular weight excluding hydrogens is 323 g/mol. The third-order valence-corrected chi connectivity index (χ3v) is 5.16. The third kappa shape index (κ3) is 3.27. The number of nitrogens with zero attached hydrogens (tertiary/aromatic N) is 1. The number of hydrogen-bond donors (Lipinski definition) is 1. The number of thiophene rings is 1. The summed E-state index contributed by atoms with van der Waals surface area (Å²) in [6.45, 7) is 3.73. The monoisotopic (exact) mass is 340 g/mol. The highest BCUT2D eigenvalue weighted by Gasteiger charge is 2.26. The van der Waals surface area contributed by atoms with E-state index in [1.54, 1.807) is 23.5 Å². The number of benzene rings is 1. The zero-order chi connectivity index (χ0) is 15.5. The van der Waals surface area contributed by atoms with Crippen LogP contribution in [0.3, 0.4) is 0 Å². The second-order valence-electron chi connectivity index (χ2n) is 5.22. The van der Waals surface area contributed by atoms with Crippen molar-refractivity contribution in [1.29, 1.82) is 0 Å². The Morgan fingerprint density at radius 3 is 2.64 bits per heavy atom. The van der Waals surface area contributed by atoms with Crippen LogP contribution in [0.1, 0.15) is 16.5 Å². The van der Waals surface area contributed by atoms with Gasteiger partial charge in [-0.3, -0.25) is 4.90 Å². The summed E-state index contributed by atoms with van der Waals surface area (Å²) in [5.74, 6) is -0.0604. The first-order valence-corrected chi connectivity index (χ1v) is 8.42. The second kappa shape index (κ2) is 6.96. The summed E-state index contributed by atoms with van der Waals surface area (Å²) < 4.78 is 19.9. The van der Waals surface area contributed by atoms with Gasteiger partial charge in [0.1, 0.15) is 0 Å². The highest BCUT2D eigenvalue weighted by atomic mass is 35.5. The molecule has 1 N–H and O–H groups in total. The Kier molecular flexibility index (Phi) is 4.98. The molecule has 1 saturated heterocycles. The third-order valence-electron chi connectivity index (χ3n) is 3.87. The molecular formula is C16H18ClFN2OS. The molecule has 0 spiro atoms. The molecule has 1 aliphatic heterocycles. The van der Waals surface area contributed by atoms with Gasteiger partial charge in [-0.25, -0.2) is 4.39 Å². The minimum Gasteiger partial charge on any atom is -0.494 e. The van der Waals surface area contributed by atoms with Crippen LogP contribution in [0.5, 0.6) is 5.75 Å². The number of methoxy groups -OCH3 is 1.